The van der Waals surface area contributed by atoms with E-state index in [0.29, 0.717) is 6.61 Å². The number of ether oxygens (including phenoxy) is 1. The molecule has 2 aliphatic heterocycles. The molecule has 1 spiro atoms. The van der Waals surface area contributed by atoms with Crippen molar-refractivity contribution in [1.29, 1.82) is 0 Å². The topological polar surface area (TPSA) is 43.2 Å². The standard InChI is InChI=1S/C22H24N4O/c1-17-2-4-19(5-3-17)20-12-24-21-14-27-22(16-26(20)21)8-11-25(15-22)13-18-6-9-23-10-7-18/h2-7,9-10,12H,8,11,13-16H2,1H3. The van der Waals surface area contributed by atoms with Crippen molar-refractivity contribution in [2.45, 2.75) is 38.6 Å². The number of hydrogen-bond acceptors (Lipinski definition) is 4. The number of likely N-dealkylation sites (tertiary alicyclic amines) is 1. The number of pyridine rings is 1. The molecule has 5 rings (SSSR count). The van der Waals surface area contributed by atoms with Crippen LogP contribution in [-0.4, -0.2) is 38.1 Å². The molecule has 0 amide bonds. The van der Waals surface area contributed by atoms with Crippen molar-refractivity contribution in [2.75, 3.05) is 13.1 Å². The predicted octanol–water partition coefficient (Wildman–Crippen LogP) is 3.43. The van der Waals surface area contributed by atoms with Crippen molar-refractivity contribution in [3.05, 3.63) is 71.9 Å². The molecule has 5 nitrogen and oxygen atoms in total. The Balaban J connectivity index is 1.36. The van der Waals surface area contributed by atoms with E-state index in [1.54, 1.807) is 0 Å². The van der Waals surface area contributed by atoms with Gasteiger partial charge < -0.3 is 9.30 Å². The average molecular weight is 360 g/mol. The van der Waals surface area contributed by atoms with Gasteiger partial charge >= 0.3 is 0 Å². The van der Waals surface area contributed by atoms with E-state index in [4.69, 9.17) is 4.74 Å². The summed E-state index contributed by atoms with van der Waals surface area (Å²) in [7, 11) is 0. The molecule has 1 atom stereocenters. The first kappa shape index (κ1) is 16.7. The highest BCUT2D eigenvalue weighted by atomic mass is 16.5. The lowest BCUT2D eigenvalue weighted by Gasteiger charge is -2.35. The summed E-state index contributed by atoms with van der Waals surface area (Å²) < 4.78 is 8.72. The average Bonchev–Trinajstić information content (AvgIpc) is 3.28. The maximum Gasteiger partial charge on any atom is 0.135 e. The van der Waals surface area contributed by atoms with Crippen molar-refractivity contribution in [3.8, 4) is 11.3 Å². The molecular formula is C22H24N4O. The molecule has 0 aliphatic carbocycles. The third-order valence-electron chi connectivity index (χ3n) is 5.79. The fourth-order valence-corrected chi connectivity index (χ4v) is 4.27. The minimum atomic E-state index is -0.111. The SMILES string of the molecule is Cc1ccc(-c2cnc3n2CC2(CCN(Cc4ccncc4)C2)OC3)cc1. The third kappa shape index (κ3) is 3.17. The summed E-state index contributed by atoms with van der Waals surface area (Å²) in [4.78, 5) is 11.2. The zero-order valence-corrected chi connectivity index (χ0v) is 15.6. The highest BCUT2D eigenvalue weighted by Crippen LogP contribution is 2.35. The molecule has 4 heterocycles. The lowest BCUT2D eigenvalue weighted by Crippen LogP contribution is -2.44. The van der Waals surface area contributed by atoms with Crippen molar-refractivity contribution in [3.63, 3.8) is 0 Å². The highest BCUT2D eigenvalue weighted by molar-refractivity contribution is 5.60. The summed E-state index contributed by atoms with van der Waals surface area (Å²) in [5.41, 5.74) is 4.89. The Bertz CT molecular complexity index is 935. The number of rotatable bonds is 3. The molecule has 2 aliphatic rings. The van der Waals surface area contributed by atoms with Crippen LogP contribution in [0.3, 0.4) is 0 Å². The van der Waals surface area contributed by atoms with Gasteiger partial charge in [-0.3, -0.25) is 9.88 Å². The summed E-state index contributed by atoms with van der Waals surface area (Å²) >= 11 is 0. The van der Waals surface area contributed by atoms with E-state index in [-0.39, 0.29) is 5.60 Å². The van der Waals surface area contributed by atoms with Crippen LogP contribution in [0, 0.1) is 6.92 Å². The van der Waals surface area contributed by atoms with Gasteiger partial charge in [-0.1, -0.05) is 29.8 Å². The van der Waals surface area contributed by atoms with Gasteiger partial charge in [0.05, 0.1) is 18.4 Å². The van der Waals surface area contributed by atoms with E-state index in [1.165, 1.54) is 22.4 Å². The first-order valence-electron chi connectivity index (χ1n) is 9.57. The number of hydrogen-bond donors (Lipinski definition) is 0. The van der Waals surface area contributed by atoms with Crippen molar-refractivity contribution in [2.24, 2.45) is 0 Å². The van der Waals surface area contributed by atoms with E-state index < -0.39 is 0 Å². The van der Waals surface area contributed by atoms with Gasteiger partial charge in [-0.25, -0.2) is 4.98 Å². The molecule has 138 valence electrons. The zero-order valence-electron chi connectivity index (χ0n) is 15.6. The number of aromatic nitrogens is 3. The van der Waals surface area contributed by atoms with Gasteiger partial charge in [0.1, 0.15) is 18.0 Å². The molecule has 2 aromatic heterocycles. The number of fused-ring (bicyclic) bond motifs is 1. The van der Waals surface area contributed by atoms with Crippen LogP contribution < -0.4 is 0 Å². The first-order chi connectivity index (χ1) is 13.2. The molecule has 0 radical (unpaired) electrons. The van der Waals surface area contributed by atoms with E-state index >= 15 is 0 Å². The Hall–Kier alpha value is -2.50. The fraction of sp³-hybridized carbons (Fsp3) is 0.364. The summed E-state index contributed by atoms with van der Waals surface area (Å²) in [6.07, 6.45) is 6.78. The van der Waals surface area contributed by atoms with Gasteiger partial charge in [0.2, 0.25) is 0 Å². The van der Waals surface area contributed by atoms with Crippen LogP contribution in [0.5, 0.6) is 0 Å². The van der Waals surface area contributed by atoms with Crippen LogP contribution in [0.25, 0.3) is 11.3 Å². The quantitative estimate of drug-likeness (QED) is 0.718. The summed E-state index contributed by atoms with van der Waals surface area (Å²) in [5, 5.41) is 0. The van der Waals surface area contributed by atoms with Gasteiger partial charge in [0.25, 0.3) is 0 Å². The fourth-order valence-electron chi connectivity index (χ4n) is 4.27. The number of benzene rings is 1. The smallest absolute Gasteiger partial charge is 0.135 e. The van der Waals surface area contributed by atoms with Crippen LogP contribution in [0.15, 0.2) is 55.0 Å². The molecule has 5 heteroatoms. The highest BCUT2D eigenvalue weighted by Gasteiger charge is 2.43. The van der Waals surface area contributed by atoms with Crippen molar-refractivity contribution in [1.82, 2.24) is 19.4 Å². The second-order valence-electron chi connectivity index (χ2n) is 7.80. The number of nitrogens with zero attached hydrogens (tertiary/aromatic N) is 4. The lowest BCUT2D eigenvalue weighted by atomic mass is 10.0. The van der Waals surface area contributed by atoms with Gasteiger partial charge in [-0.15, -0.1) is 0 Å². The van der Waals surface area contributed by atoms with Gasteiger partial charge in [0.15, 0.2) is 0 Å². The van der Waals surface area contributed by atoms with E-state index in [9.17, 15) is 0 Å². The largest absolute Gasteiger partial charge is 0.364 e. The van der Waals surface area contributed by atoms with Crippen LogP contribution in [0.1, 0.15) is 23.4 Å². The minimum Gasteiger partial charge on any atom is -0.364 e. The summed E-state index contributed by atoms with van der Waals surface area (Å²) in [6.45, 7) is 6.56. The Labute approximate surface area is 159 Å². The summed E-state index contributed by atoms with van der Waals surface area (Å²) in [5.74, 6) is 1.03. The number of aryl methyl sites for hydroxylation is 1. The van der Waals surface area contributed by atoms with Crippen LogP contribution in [0.4, 0.5) is 0 Å². The number of imidazole rings is 1. The van der Waals surface area contributed by atoms with Crippen LogP contribution >= 0.6 is 0 Å². The maximum atomic E-state index is 6.35. The van der Waals surface area contributed by atoms with Crippen LogP contribution in [-0.2, 0) is 24.4 Å². The van der Waals surface area contributed by atoms with E-state index in [2.05, 4.69) is 62.8 Å². The molecule has 0 bridgehead atoms. The molecule has 0 N–H and O–H groups in total. The van der Waals surface area contributed by atoms with E-state index in [1.807, 2.05) is 18.6 Å². The molecular weight excluding hydrogens is 336 g/mol. The van der Waals surface area contributed by atoms with E-state index in [0.717, 1.165) is 38.4 Å². The summed E-state index contributed by atoms with van der Waals surface area (Å²) in [6, 6.07) is 12.9. The third-order valence-corrected chi connectivity index (χ3v) is 5.79. The minimum absolute atomic E-state index is 0.111. The van der Waals surface area contributed by atoms with Crippen molar-refractivity contribution >= 4 is 0 Å². The van der Waals surface area contributed by atoms with Gasteiger partial charge in [-0.05, 0) is 36.6 Å². The molecule has 27 heavy (non-hydrogen) atoms. The zero-order chi connectivity index (χ0) is 18.3. The first-order valence-corrected chi connectivity index (χ1v) is 9.57. The molecule has 3 aromatic rings. The molecule has 1 fully saturated rings. The maximum absolute atomic E-state index is 6.35. The molecule has 1 aromatic carbocycles. The van der Waals surface area contributed by atoms with Crippen molar-refractivity contribution < 1.29 is 4.74 Å². The Morgan fingerprint density at radius 1 is 1.07 bits per heavy atom. The normalized spacial score (nSPS) is 22.3. The molecule has 1 saturated heterocycles. The van der Waals surface area contributed by atoms with Gasteiger partial charge in [0, 0.05) is 32.0 Å². The predicted molar refractivity (Wildman–Crippen MR) is 104 cm³/mol. The lowest BCUT2D eigenvalue weighted by molar-refractivity contribution is -0.0821. The Kier molecular flexibility index (Phi) is 4.06. The second-order valence-corrected chi connectivity index (χ2v) is 7.80. The second kappa shape index (κ2) is 6.59. The molecule has 1 unspecified atom stereocenters. The van der Waals surface area contributed by atoms with Crippen LogP contribution in [0.2, 0.25) is 0 Å². The Morgan fingerprint density at radius 2 is 1.89 bits per heavy atom. The van der Waals surface area contributed by atoms with Gasteiger partial charge in [-0.2, -0.15) is 0 Å². The monoisotopic (exact) mass is 360 g/mol. The Morgan fingerprint density at radius 3 is 2.70 bits per heavy atom. The molecule has 0 saturated carbocycles.